The third kappa shape index (κ3) is 2.78. The van der Waals surface area contributed by atoms with Gasteiger partial charge in [0.1, 0.15) is 0 Å². The molecule has 0 aliphatic carbocycles. The van der Waals surface area contributed by atoms with Crippen LogP contribution in [-0.4, -0.2) is 6.26 Å². The van der Waals surface area contributed by atoms with Crippen molar-refractivity contribution in [2.45, 2.75) is 44.4 Å². The topological polar surface area (TPSA) is 0 Å². The van der Waals surface area contributed by atoms with Crippen molar-refractivity contribution in [3.05, 3.63) is 29.3 Å². The first kappa shape index (κ1) is 11.6. The van der Waals surface area contributed by atoms with E-state index in [1.165, 1.54) is 16.0 Å². The standard InChI is InChI=1S/C13H20S/c1-9(2)11-6-12(10(3)4)8-13(7-11)14-5/h6-10H,1-5H3. The lowest BCUT2D eigenvalue weighted by molar-refractivity contribution is 0.826. The zero-order valence-electron chi connectivity index (χ0n) is 9.79. The number of rotatable bonds is 3. The van der Waals surface area contributed by atoms with Crippen molar-refractivity contribution in [2.75, 3.05) is 6.26 Å². The van der Waals surface area contributed by atoms with E-state index in [0.717, 1.165) is 0 Å². The van der Waals surface area contributed by atoms with Gasteiger partial charge in [-0.05, 0) is 41.4 Å². The van der Waals surface area contributed by atoms with Crippen molar-refractivity contribution in [1.29, 1.82) is 0 Å². The van der Waals surface area contributed by atoms with Crippen molar-refractivity contribution < 1.29 is 0 Å². The van der Waals surface area contributed by atoms with E-state index in [1.54, 1.807) is 0 Å². The average molecular weight is 208 g/mol. The highest BCUT2D eigenvalue weighted by atomic mass is 32.2. The molecule has 14 heavy (non-hydrogen) atoms. The molecule has 0 aromatic heterocycles. The van der Waals surface area contributed by atoms with Crippen LogP contribution in [0, 0.1) is 0 Å². The van der Waals surface area contributed by atoms with Crippen LogP contribution in [0.3, 0.4) is 0 Å². The molecule has 0 saturated carbocycles. The van der Waals surface area contributed by atoms with Crippen molar-refractivity contribution in [3.8, 4) is 0 Å². The summed E-state index contributed by atoms with van der Waals surface area (Å²) in [5.41, 5.74) is 2.92. The van der Waals surface area contributed by atoms with E-state index in [4.69, 9.17) is 0 Å². The number of hydrogen-bond acceptors (Lipinski definition) is 1. The molecule has 0 saturated heterocycles. The van der Waals surface area contributed by atoms with Gasteiger partial charge in [-0.3, -0.25) is 0 Å². The zero-order chi connectivity index (χ0) is 10.7. The van der Waals surface area contributed by atoms with Crippen molar-refractivity contribution >= 4 is 11.8 Å². The molecule has 1 aromatic rings. The summed E-state index contributed by atoms with van der Waals surface area (Å²) in [4.78, 5) is 1.39. The summed E-state index contributed by atoms with van der Waals surface area (Å²) in [6, 6.07) is 6.96. The van der Waals surface area contributed by atoms with Crippen molar-refractivity contribution in [1.82, 2.24) is 0 Å². The first-order valence-electron chi connectivity index (χ1n) is 5.23. The van der Waals surface area contributed by atoms with Crippen molar-refractivity contribution in [2.24, 2.45) is 0 Å². The third-order valence-electron chi connectivity index (χ3n) is 2.52. The van der Waals surface area contributed by atoms with Crippen LogP contribution in [0.25, 0.3) is 0 Å². The monoisotopic (exact) mass is 208 g/mol. The van der Waals surface area contributed by atoms with Gasteiger partial charge < -0.3 is 0 Å². The molecule has 0 aliphatic heterocycles. The minimum Gasteiger partial charge on any atom is -0.130 e. The molecule has 0 bridgehead atoms. The van der Waals surface area contributed by atoms with Gasteiger partial charge in [0.05, 0.1) is 0 Å². The van der Waals surface area contributed by atoms with Crippen LogP contribution in [0.2, 0.25) is 0 Å². The summed E-state index contributed by atoms with van der Waals surface area (Å²) < 4.78 is 0. The van der Waals surface area contributed by atoms with E-state index < -0.39 is 0 Å². The van der Waals surface area contributed by atoms with Gasteiger partial charge >= 0.3 is 0 Å². The number of hydrogen-bond donors (Lipinski definition) is 0. The second-order valence-electron chi connectivity index (χ2n) is 4.35. The van der Waals surface area contributed by atoms with Gasteiger partial charge in [0.2, 0.25) is 0 Å². The Balaban J connectivity index is 3.13. The largest absolute Gasteiger partial charge is 0.130 e. The normalized spacial score (nSPS) is 11.4. The number of thioether (sulfide) groups is 1. The predicted octanol–water partition coefficient (Wildman–Crippen LogP) is 4.66. The Hall–Kier alpha value is -0.430. The van der Waals surface area contributed by atoms with Gasteiger partial charge in [-0.15, -0.1) is 11.8 Å². The molecule has 0 nitrogen and oxygen atoms in total. The molecule has 0 heterocycles. The van der Waals surface area contributed by atoms with Crippen LogP contribution >= 0.6 is 11.8 Å². The highest BCUT2D eigenvalue weighted by molar-refractivity contribution is 7.98. The average Bonchev–Trinajstić information content (AvgIpc) is 2.16. The van der Waals surface area contributed by atoms with E-state index in [1.807, 2.05) is 11.8 Å². The molecule has 0 fully saturated rings. The quantitative estimate of drug-likeness (QED) is 0.651. The maximum absolute atomic E-state index is 2.34. The van der Waals surface area contributed by atoms with Crippen LogP contribution in [0.5, 0.6) is 0 Å². The van der Waals surface area contributed by atoms with Gasteiger partial charge in [0.15, 0.2) is 0 Å². The SMILES string of the molecule is CSc1cc(C(C)C)cc(C(C)C)c1. The van der Waals surface area contributed by atoms with E-state index in [-0.39, 0.29) is 0 Å². The Bertz CT molecular complexity index is 274. The Labute approximate surface area is 92.1 Å². The van der Waals surface area contributed by atoms with E-state index >= 15 is 0 Å². The second kappa shape index (κ2) is 4.88. The van der Waals surface area contributed by atoms with Crippen LogP contribution < -0.4 is 0 Å². The Morgan fingerprint density at radius 3 is 1.57 bits per heavy atom. The lowest BCUT2D eigenvalue weighted by Gasteiger charge is -2.13. The molecule has 1 heteroatoms. The Kier molecular flexibility index (Phi) is 4.06. The zero-order valence-corrected chi connectivity index (χ0v) is 10.6. The minimum atomic E-state index is 0.625. The van der Waals surface area contributed by atoms with Crippen LogP contribution in [0.15, 0.2) is 23.1 Å². The maximum atomic E-state index is 2.34. The lowest BCUT2D eigenvalue weighted by Crippen LogP contribution is -1.94. The summed E-state index contributed by atoms with van der Waals surface area (Å²) in [5.74, 6) is 1.25. The molecule has 0 unspecified atom stereocenters. The van der Waals surface area contributed by atoms with Gasteiger partial charge in [-0.25, -0.2) is 0 Å². The van der Waals surface area contributed by atoms with Gasteiger partial charge in [0.25, 0.3) is 0 Å². The molecular formula is C13H20S. The van der Waals surface area contributed by atoms with Crippen LogP contribution in [-0.2, 0) is 0 Å². The van der Waals surface area contributed by atoms with Crippen LogP contribution in [0.4, 0.5) is 0 Å². The molecule has 0 radical (unpaired) electrons. The summed E-state index contributed by atoms with van der Waals surface area (Å²) >= 11 is 1.83. The molecular weight excluding hydrogens is 188 g/mol. The molecule has 0 spiro atoms. The lowest BCUT2D eigenvalue weighted by atomic mass is 9.96. The summed E-state index contributed by atoms with van der Waals surface area (Å²) in [6.07, 6.45) is 2.14. The van der Waals surface area contributed by atoms with Gasteiger partial charge in [-0.1, -0.05) is 33.8 Å². The molecule has 0 aliphatic rings. The highest BCUT2D eigenvalue weighted by Gasteiger charge is 2.06. The summed E-state index contributed by atoms with van der Waals surface area (Å²) in [7, 11) is 0. The highest BCUT2D eigenvalue weighted by Crippen LogP contribution is 2.27. The van der Waals surface area contributed by atoms with E-state index in [2.05, 4.69) is 52.1 Å². The predicted molar refractivity (Wildman–Crippen MR) is 66.4 cm³/mol. The summed E-state index contributed by atoms with van der Waals surface area (Å²) in [5, 5.41) is 0. The Morgan fingerprint density at radius 1 is 0.857 bits per heavy atom. The fourth-order valence-electron chi connectivity index (χ4n) is 1.43. The fourth-order valence-corrected chi connectivity index (χ4v) is 1.94. The van der Waals surface area contributed by atoms with Gasteiger partial charge in [-0.2, -0.15) is 0 Å². The van der Waals surface area contributed by atoms with E-state index in [9.17, 15) is 0 Å². The molecule has 0 atom stereocenters. The molecule has 1 aromatic carbocycles. The molecule has 0 amide bonds. The first-order chi connectivity index (χ1) is 6.54. The maximum Gasteiger partial charge on any atom is 0.00748 e. The fraction of sp³-hybridized carbons (Fsp3) is 0.538. The van der Waals surface area contributed by atoms with Gasteiger partial charge in [0, 0.05) is 4.90 Å². The number of benzene rings is 1. The molecule has 1 rings (SSSR count). The van der Waals surface area contributed by atoms with E-state index in [0.29, 0.717) is 11.8 Å². The molecule has 0 N–H and O–H groups in total. The first-order valence-corrected chi connectivity index (χ1v) is 6.46. The smallest absolute Gasteiger partial charge is 0.00748 e. The van der Waals surface area contributed by atoms with Crippen molar-refractivity contribution in [3.63, 3.8) is 0 Å². The molecule has 78 valence electrons. The van der Waals surface area contributed by atoms with Crippen LogP contribution in [0.1, 0.15) is 50.7 Å². The Morgan fingerprint density at radius 2 is 1.29 bits per heavy atom. The third-order valence-corrected chi connectivity index (χ3v) is 3.23. The summed E-state index contributed by atoms with van der Waals surface area (Å²) in [6.45, 7) is 9.01. The minimum absolute atomic E-state index is 0.625. The second-order valence-corrected chi connectivity index (χ2v) is 5.23.